The zero-order valence-electron chi connectivity index (χ0n) is 20.5. The largest absolute Gasteiger partial charge is 0.462 e. The van der Waals surface area contributed by atoms with Crippen molar-refractivity contribution in [2.45, 2.75) is 110 Å². The van der Waals surface area contributed by atoms with E-state index in [4.69, 9.17) is 9.47 Å². The first-order chi connectivity index (χ1) is 15.1. The Balaban J connectivity index is 1.70. The second kappa shape index (κ2) is 8.77. The lowest BCUT2D eigenvalue weighted by atomic mass is 9.40. The summed E-state index contributed by atoms with van der Waals surface area (Å²) in [6, 6.07) is 0. The maximum atomic E-state index is 12.4. The highest BCUT2D eigenvalue weighted by atomic mass is 16.5. The Kier molecular flexibility index (Phi) is 6.52. The SMILES string of the molecule is CC(=O)O[C@@H]1C[C@@H](C)[C@](O)(CCC2=CC(=O)OC2)[C@@]2(C)CCC[C@@](C)(C3CCCCC3)[C@H]12. The molecule has 4 aliphatic rings. The summed E-state index contributed by atoms with van der Waals surface area (Å²) in [6.45, 7) is 8.69. The molecule has 32 heavy (non-hydrogen) atoms. The van der Waals surface area contributed by atoms with Crippen LogP contribution in [0.1, 0.15) is 98.3 Å². The molecular formula is C27H42O5. The van der Waals surface area contributed by atoms with Crippen LogP contribution in [0.15, 0.2) is 11.6 Å². The molecule has 4 rings (SSSR count). The monoisotopic (exact) mass is 446 g/mol. The Morgan fingerprint density at radius 2 is 1.91 bits per heavy atom. The molecule has 1 aliphatic heterocycles. The Labute approximate surface area is 193 Å². The van der Waals surface area contributed by atoms with Crippen molar-refractivity contribution in [2.75, 3.05) is 6.61 Å². The molecule has 0 aromatic heterocycles. The van der Waals surface area contributed by atoms with Gasteiger partial charge in [-0.25, -0.2) is 4.79 Å². The molecule has 180 valence electrons. The molecule has 0 amide bonds. The van der Waals surface area contributed by atoms with Gasteiger partial charge in [-0.05, 0) is 67.8 Å². The van der Waals surface area contributed by atoms with E-state index in [9.17, 15) is 14.7 Å². The van der Waals surface area contributed by atoms with Gasteiger partial charge in [-0.1, -0.05) is 46.5 Å². The maximum Gasteiger partial charge on any atom is 0.331 e. The first kappa shape index (κ1) is 23.8. The van der Waals surface area contributed by atoms with Crippen LogP contribution in [-0.2, 0) is 19.1 Å². The second-order valence-electron chi connectivity index (χ2n) is 11.7. The number of carbonyl (C=O) groups excluding carboxylic acids is 2. The third-order valence-corrected chi connectivity index (χ3v) is 9.97. The number of hydrogen-bond donors (Lipinski definition) is 1. The fraction of sp³-hybridized carbons (Fsp3) is 0.852. The van der Waals surface area contributed by atoms with Crippen LogP contribution < -0.4 is 0 Å². The third-order valence-electron chi connectivity index (χ3n) is 9.97. The first-order valence-corrected chi connectivity index (χ1v) is 12.9. The van der Waals surface area contributed by atoms with Crippen molar-refractivity contribution < 1.29 is 24.2 Å². The Bertz CT molecular complexity index is 768. The minimum Gasteiger partial charge on any atom is -0.462 e. The standard InChI is InChI=1S/C27H42O5/c1-18-15-22(32-19(2)28)24-25(3,21-9-6-5-7-10-21)12-8-13-26(24,4)27(18,30)14-11-20-16-23(29)31-17-20/h16,18,21-22,24,30H,5-15,17H2,1-4H3/t18-,22-,24+,25+,26+,27-/m1/s1. The lowest BCUT2D eigenvalue weighted by Gasteiger charge is -2.67. The lowest BCUT2D eigenvalue weighted by molar-refractivity contribution is -0.260. The van der Waals surface area contributed by atoms with Crippen LogP contribution in [0.2, 0.25) is 0 Å². The summed E-state index contributed by atoms with van der Waals surface area (Å²) in [7, 11) is 0. The minimum absolute atomic E-state index is 0.0143. The smallest absolute Gasteiger partial charge is 0.331 e. The molecule has 0 spiro atoms. The fourth-order valence-electron chi connectivity index (χ4n) is 8.43. The maximum absolute atomic E-state index is 12.4. The van der Waals surface area contributed by atoms with Crippen LogP contribution in [-0.4, -0.2) is 35.4 Å². The summed E-state index contributed by atoms with van der Waals surface area (Å²) in [5.74, 6) is 0.302. The van der Waals surface area contributed by atoms with Crippen molar-refractivity contribution in [1.82, 2.24) is 0 Å². The van der Waals surface area contributed by atoms with Crippen LogP contribution in [0, 0.1) is 28.6 Å². The zero-order valence-corrected chi connectivity index (χ0v) is 20.5. The molecule has 5 nitrogen and oxygen atoms in total. The van der Waals surface area contributed by atoms with Crippen LogP contribution in [0.5, 0.6) is 0 Å². The summed E-state index contributed by atoms with van der Waals surface area (Å²) in [5.41, 5.74) is -0.159. The van der Waals surface area contributed by atoms with E-state index >= 15 is 0 Å². The van der Waals surface area contributed by atoms with Crippen LogP contribution in [0.25, 0.3) is 0 Å². The highest BCUT2D eigenvalue weighted by Crippen LogP contribution is 2.67. The number of cyclic esters (lactones) is 1. The molecule has 0 bridgehead atoms. The van der Waals surface area contributed by atoms with Crippen LogP contribution >= 0.6 is 0 Å². The van der Waals surface area contributed by atoms with Crippen molar-refractivity contribution >= 4 is 11.9 Å². The molecule has 0 radical (unpaired) electrons. The summed E-state index contributed by atoms with van der Waals surface area (Å²) < 4.78 is 11.1. The van der Waals surface area contributed by atoms with Gasteiger partial charge in [-0.3, -0.25) is 4.79 Å². The lowest BCUT2D eigenvalue weighted by Crippen LogP contribution is -2.68. The Morgan fingerprint density at radius 3 is 2.53 bits per heavy atom. The molecule has 6 atom stereocenters. The minimum atomic E-state index is -0.864. The number of ether oxygens (including phenoxy) is 2. The van der Waals surface area contributed by atoms with E-state index < -0.39 is 5.60 Å². The average molecular weight is 447 g/mol. The summed E-state index contributed by atoms with van der Waals surface area (Å²) in [4.78, 5) is 23.7. The Morgan fingerprint density at radius 1 is 1.19 bits per heavy atom. The van der Waals surface area contributed by atoms with Gasteiger partial charge < -0.3 is 14.6 Å². The average Bonchev–Trinajstić information content (AvgIpc) is 3.16. The van der Waals surface area contributed by atoms with E-state index in [1.807, 2.05) is 0 Å². The number of esters is 2. The highest BCUT2D eigenvalue weighted by Gasteiger charge is 2.66. The molecule has 0 unspecified atom stereocenters. The molecule has 1 N–H and O–H groups in total. The van der Waals surface area contributed by atoms with Gasteiger partial charge in [0.25, 0.3) is 0 Å². The summed E-state index contributed by atoms with van der Waals surface area (Å²) in [5, 5.41) is 12.4. The topological polar surface area (TPSA) is 72.8 Å². The van der Waals surface area contributed by atoms with Gasteiger partial charge in [0.1, 0.15) is 12.7 Å². The molecule has 0 aromatic carbocycles. The van der Waals surface area contributed by atoms with Crippen molar-refractivity contribution in [3.63, 3.8) is 0 Å². The predicted molar refractivity (Wildman–Crippen MR) is 123 cm³/mol. The van der Waals surface area contributed by atoms with Gasteiger partial charge in [0.05, 0.1) is 5.60 Å². The first-order valence-electron chi connectivity index (χ1n) is 12.9. The highest BCUT2D eigenvalue weighted by molar-refractivity contribution is 5.85. The summed E-state index contributed by atoms with van der Waals surface area (Å²) >= 11 is 0. The van der Waals surface area contributed by atoms with Crippen molar-refractivity contribution in [3.8, 4) is 0 Å². The van der Waals surface area contributed by atoms with E-state index in [0.717, 1.165) is 24.8 Å². The van der Waals surface area contributed by atoms with Crippen molar-refractivity contribution in [3.05, 3.63) is 11.6 Å². The summed E-state index contributed by atoms with van der Waals surface area (Å²) in [6.07, 6.45) is 13.0. The number of carbonyl (C=O) groups is 2. The van der Waals surface area contributed by atoms with Crippen LogP contribution in [0.4, 0.5) is 0 Å². The zero-order chi connectivity index (χ0) is 23.1. The molecule has 1 heterocycles. The van der Waals surface area contributed by atoms with Crippen molar-refractivity contribution in [2.24, 2.45) is 28.6 Å². The van der Waals surface area contributed by atoms with Gasteiger partial charge in [0.2, 0.25) is 0 Å². The normalized spacial score (nSPS) is 42.7. The molecule has 3 fully saturated rings. The molecule has 3 saturated carbocycles. The predicted octanol–water partition coefficient (Wildman–Crippen LogP) is 5.35. The molecular weight excluding hydrogens is 404 g/mol. The fourth-order valence-corrected chi connectivity index (χ4v) is 8.43. The number of fused-ring (bicyclic) bond motifs is 1. The molecule has 3 aliphatic carbocycles. The van der Waals surface area contributed by atoms with E-state index in [1.165, 1.54) is 39.0 Å². The van der Waals surface area contributed by atoms with Gasteiger partial charge >= 0.3 is 11.9 Å². The van der Waals surface area contributed by atoms with Gasteiger partial charge in [0, 0.05) is 24.3 Å². The van der Waals surface area contributed by atoms with Gasteiger partial charge in [-0.2, -0.15) is 0 Å². The Hall–Kier alpha value is -1.36. The molecule has 0 saturated heterocycles. The van der Waals surface area contributed by atoms with E-state index in [1.54, 1.807) is 6.08 Å². The number of hydrogen-bond acceptors (Lipinski definition) is 5. The molecule has 5 heteroatoms. The van der Waals surface area contributed by atoms with E-state index in [0.29, 0.717) is 31.8 Å². The van der Waals surface area contributed by atoms with Gasteiger partial charge in [-0.15, -0.1) is 0 Å². The second-order valence-corrected chi connectivity index (χ2v) is 11.7. The van der Waals surface area contributed by atoms with Crippen molar-refractivity contribution in [1.29, 1.82) is 0 Å². The molecule has 0 aromatic rings. The number of aliphatic hydroxyl groups is 1. The third kappa shape index (κ3) is 3.93. The van der Waals surface area contributed by atoms with Gasteiger partial charge in [0.15, 0.2) is 0 Å². The quantitative estimate of drug-likeness (QED) is 0.577. The van der Waals surface area contributed by atoms with Crippen LogP contribution in [0.3, 0.4) is 0 Å². The number of rotatable bonds is 5. The van der Waals surface area contributed by atoms with E-state index in [2.05, 4.69) is 20.8 Å². The van der Waals surface area contributed by atoms with E-state index in [-0.39, 0.29) is 40.7 Å².